The van der Waals surface area contributed by atoms with Crippen LogP contribution in [0.25, 0.3) is 0 Å². The van der Waals surface area contributed by atoms with Crippen molar-refractivity contribution in [2.75, 3.05) is 12.8 Å². The van der Waals surface area contributed by atoms with Crippen LogP contribution in [0.2, 0.25) is 0 Å². The van der Waals surface area contributed by atoms with Crippen LogP contribution in [0.4, 0.5) is 0 Å². The van der Waals surface area contributed by atoms with E-state index < -0.39 is 10.0 Å². The van der Waals surface area contributed by atoms with Crippen molar-refractivity contribution in [2.45, 2.75) is 45.1 Å². The molecule has 1 aromatic heterocycles. The number of aromatic nitrogens is 1. The average molecular weight is 322 g/mol. The molecule has 0 aliphatic heterocycles. The Bertz CT molecular complexity index is 602. The Balaban J connectivity index is 1.65. The summed E-state index contributed by atoms with van der Waals surface area (Å²) in [6, 6.07) is 3.63. The maximum absolute atomic E-state index is 12.7. The molecule has 4 nitrogen and oxygen atoms in total. The molecule has 1 aromatic rings. The predicted octanol–water partition coefficient (Wildman–Crippen LogP) is 3.23. The van der Waals surface area contributed by atoms with Crippen molar-refractivity contribution in [3.05, 3.63) is 30.1 Å². The molecule has 1 unspecified atom stereocenters. The molecule has 22 heavy (non-hydrogen) atoms. The topological polar surface area (TPSA) is 50.3 Å². The lowest BCUT2D eigenvalue weighted by Crippen LogP contribution is -2.45. The minimum Gasteiger partial charge on any atom is -0.265 e. The Morgan fingerprint density at radius 2 is 1.95 bits per heavy atom. The van der Waals surface area contributed by atoms with Gasteiger partial charge in [-0.05, 0) is 55.2 Å². The number of hydrogen-bond acceptors (Lipinski definition) is 3. The van der Waals surface area contributed by atoms with E-state index in [0.29, 0.717) is 17.6 Å². The second kappa shape index (κ2) is 6.28. The van der Waals surface area contributed by atoms with E-state index in [1.165, 1.54) is 25.7 Å². The summed E-state index contributed by atoms with van der Waals surface area (Å²) in [4.78, 5) is 4.00. The lowest BCUT2D eigenvalue weighted by Gasteiger charge is -2.48. The first-order chi connectivity index (χ1) is 10.5. The van der Waals surface area contributed by atoms with Crippen molar-refractivity contribution < 1.29 is 8.42 Å². The molecule has 0 N–H and O–H groups in total. The van der Waals surface area contributed by atoms with Crippen LogP contribution < -0.4 is 0 Å². The van der Waals surface area contributed by atoms with Gasteiger partial charge in [-0.3, -0.25) is 4.98 Å². The Labute approximate surface area is 134 Å². The molecule has 0 bridgehead atoms. The fourth-order valence-electron chi connectivity index (χ4n) is 4.19. The highest BCUT2D eigenvalue weighted by Crippen LogP contribution is 2.49. The zero-order valence-electron chi connectivity index (χ0n) is 13.5. The van der Waals surface area contributed by atoms with Gasteiger partial charge in [-0.2, -0.15) is 4.31 Å². The first-order valence-electron chi connectivity index (χ1n) is 8.34. The van der Waals surface area contributed by atoms with Gasteiger partial charge in [0.25, 0.3) is 0 Å². The number of sulfonamides is 1. The van der Waals surface area contributed by atoms with Gasteiger partial charge in [0.1, 0.15) is 0 Å². The van der Waals surface area contributed by atoms with Gasteiger partial charge in [0.15, 0.2) is 0 Å². The summed E-state index contributed by atoms with van der Waals surface area (Å²) in [5, 5.41) is 0. The molecule has 0 amide bonds. The second-order valence-electron chi connectivity index (χ2n) is 6.96. The summed E-state index contributed by atoms with van der Waals surface area (Å²) < 4.78 is 27.0. The highest BCUT2D eigenvalue weighted by molar-refractivity contribution is 7.89. The van der Waals surface area contributed by atoms with E-state index in [0.717, 1.165) is 17.9 Å². The standard InChI is InChI=1S/C17H26N2O2S/c1-13(14-7-9-18-10-8-14)19(2)22(20,21)12-16-11-15-5-3-4-6-17(15)16/h7-10,13,15-17H,3-6,11-12H2,1-2H3/t13?,15-,16-,17-/m1/s1. The molecular formula is C17H26N2O2S. The third kappa shape index (κ3) is 3.06. The van der Waals surface area contributed by atoms with Crippen molar-refractivity contribution in [3.63, 3.8) is 0 Å². The molecule has 0 spiro atoms. The summed E-state index contributed by atoms with van der Waals surface area (Å²) >= 11 is 0. The molecule has 2 aliphatic rings. The van der Waals surface area contributed by atoms with E-state index in [2.05, 4.69) is 4.98 Å². The van der Waals surface area contributed by atoms with Gasteiger partial charge in [0.05, 0.1) is 5.75 Å². The molecule has 5 heteroatoms. The summed E-state index contributed by atoms with van der Waals surface area (Å²) in [6.07, 6.45) is 9.69. The third-order valence-electron chi connectivity index (χ3n) is 5.78. The van der Waals surface area contributed by atoms with E-state index >= 15 is 0 Å². The van der Waals surface area contributed by atoms with E-state index in [1.54, 1.807) is 23.7 Å². The van der Waals surface area contributed by atoms with Gasteiger partial charge < -0.3 is 0 Å². The van der Waals surface area contributed by atoms with Crippen LogP contribution in [0.15, 0.2) is 24.5 Å². The van der Waals surface area contributed by atoms with Gasteiger partial charge in [-0.25, -0.2) is 8.42 Å². The zero-order chi connectivity index (χ0) is 15.7. The van der Waals surface area contributed by atoms with Crippen LogP contribution in [0, 0.1) is 17.8 Å². The maximum atomic E-state index is 12.7. The number of hydrogen-bond donors (Lipinski definition) is 0. The van der Waals surface area contributed by atoms with Crippen LogP contribution in [0.1, 0.15) is 50.6 Å². The molecule has 0 saturated heterocycles. The molecule has 0 radical (unpaired) electrons. The van der Waals surface area contributed by atoms with E-state index in [4.69, 9.17) is 0 Å². The van der Waals surface area contributed by atoms with Crippen molar-refractivity contribution in [2.24, 2.45) is 17.8 Å². The third-order valence-corrected chi connectivity index (χ3v) is 7.82. The molecular weight excluding hydrogens is 296 g/mol. The molecule has 1 heterocycles. The predicted molar refractivity (Wildman–Crippen MR) is 87.8 cm³/mol. The molecule has 3 rings (SSSR count). The number of rotatable bonds is 5. The van der Waals surface area contributed by atoms with Gasteiger partial charge in [0.2, 0.25) is 10.0 Å². The highest BCUT2D eigenvalue weighted by Gasteiger charge is 2.44. The van der Waals surface area contributed by atoms with Crippen molar-refractivity contribution in [1.29, 1.82) is 0 Å². The van der Waals surface area contributed by atoms with Crippen LogP contribution in [-0.4, -0.2) is 30.5 Å². The lowest BCUT2D eigenvalue weighted by atomic mass is 9.59. The monoisotopic (exact) mass is 322 g/mol. The van der Waals surface area contributed by atoms with Crippen molar-refractivity contribution >= 4 is 10.0 Å². The molecule has 2 fully saturated rings. The number of fused-ring (bicyclic) bond motifs is 1. The fourth-order valence-corrected chi connectivity index (χ4v) is 5.95. The molecule has 4 atom stereocenters. The average Bonchev–Trinajstić information content (AvgIpc) is 2.52. The van der Waals surface area contributed by atoms with Gasteiger partial charge >= 0.3 is 0 Å². The Morgan fingerprint density at radius 1 is 1.27 bits per heavy atom. The van der Waals surface area contributed by atoms with E-state index in [-0.39, 0.29) is 6.04 Å². The van der Waals surface area contributed by atoms with Gasteiger partial charge in [-0.1, -0.05) is 19.3 Å². The molecule has 122 valence electrons. The SMILES string of the molecule is CC(c1ccncc1)N(C)S(=O)(=O)C[C@H]1C[C@H]2CCCC[C@H]21. The Morgan fingerprint density at radius 3 is 2.64 bits per heavy atom. The second-order valence-corrected chi connectivity index (χ2v) is 9.03. The summed E-state index contributed by atoms with van der Waals surface area (Å²) in [6.45, 7) is 1.94. The van der Waals surface area contributed by atoms with Gasteiger partial charge in [-0.15, -0.1) is 0 Å². The first-order valence-corrected chi connectivity index (χ1v) is 9.95. The zero-order valence-corrected chi connectivity index (χ0v) is 14.3. The summed E-state index contributed by atoms with van der Waals surface area (Å²) in [7, 11) is -1.50. The van der Waals surface area contributed by atoms with Crippen LogP contribution in [-0.2, 0) is 10.0 Å². The summed E-state index contributed by atoms with van der Waals surface area (Å²) in [5.41, 5.74) is 0.991. The van der Waals surface area contributed by atoms with Crippen molar-refractivity contribution in [1.82, 2.24) is 9.29 Å². The number of pyridine rings is 1. The largest absolute Gasteiger partial charge is 0.265 e. The smallest absolute Gasteiger partial charge is 0.214 e. The van der Waals surface area contributed by atoms with Crippen LogP contribution in [0.5, 0.6) is 0 Å². The molecule has 2 aliphatic carbocycles. The van der Waals surface area contributed by atoms with Crippen molar-refractivity contribution in [3.8, 4) is 0 Å². The first kappa shape index (κ1) is 15.9. The Kier molecular flexibility index (Phi) is 4.55. The van der Waals surface area contributed by atoms with Crippen LogP contribution >= 0.6 is 0 Å². The summed E-state index contributed by atoms with van der Waals surface area (Å²) in [5.74, 6) is 2.16. The Hall–Kier alpha value is -0.940. The van der Waals surface area contributed by atoms with E-state index in [9.17, 15) is 8.42 Å². The molecule has 0 aromatic carbocycles. The quantitative estimate of drug-likeness (QED) is 0.836. The minimum atomic E-state index is -3.21. The van der Waals surface area contributed by atoms with Crippen LogP contribution in [0.3, 0.4) is 0 Å². The number of nitrogens with zero attached hydrogens (tertiary/aromatic N) is 2. The minimum absolute atomic E-state index is 0.143. The van der Waals surface area contributed by atoms with E-state index in [1.807, 2.05) is 19.1 Å². The lowest BCUT2D eigenvalue weighted by molar-refractivity contribution is 0.0433. The maximum Gasteiger partial charge on any atom is 0.214 e. The normalized spacial score (nSPS) is 29.7. The highest BCUT2D eigenvalue weighted by atomic mass is 32.2. The fraction of sp³-hybridized carbons (Fsp3) is 0.706. The van der Waals surface area contributed by atoms with Gasteiger partial charge in [0, 0.05) is 25.5 Å². The molecule has 2 saturated carbocycles.